The molecule has 0 spiro atoms. The van der Waals surface area contributed by atoms with E-state index >= 15 is 0 Å². The van der Waals surface area contributed by atoms with Gasteiger partial charge in [-0.05, 0) is 49.5 Å². The van der Waals surface area contributed by atoms with Gasteiger partial charge in [0.1, 0.15) is 37.0 Å². The zero-order valence-corrected chi connectivity index (χ0v) is 23.3. The first-order chi connectivity index (χ1) is 18.0. The molecule has 4 saturated carbocycles. The van der Waals surface area contributed by atoms with Crippen LogP contribution in [0.3, 0.4) is 0 Å². The molecule has 0 saturated heterocycles. The van der Waals surface area contributed by atoms with Crippen molar-refractivity contribution in [3.63, 3.8) is 0 Å². The number of aromatic carboxylic acids is 1. The van der Waals surface area contributed by atoms with Gasteiger partial charge in [-0.25, -0.2) is 9.59 Å². The van der Waals surface area contributed by atoms with Gasteiger partial charge in [0.15, 0.2) is 6.61 Å². The number of esters is 2. The van der Waals surface area contributed by atoms with Crippen molar-refractivity contribution in [2.75, 3.05) is 6.61 Å². The second kappa shape index (κ2) is 9.94. The van der Waals surface area contributed by atoms with E-state index in [9.17, 15) is 36.7 Å². The summed E-state index contributed by atoms with van der Waals surface area (Å²) in [4.78, 5) is 39.2. The fourth-order valence-electron chi connectivity index (χ4n) is 7.77. The molecule has 4 aliphatic rings. The summed E-state index contributed by atoms with van der Waals surface area (Å²) in [6.45, 7) is -1.82. The average Bonchev–Trinajstić information content (AvgIpc) is 2.80. The zero-order valence-electron chi connectivity index (χ0n) is 22.4. The van der Waals surface area contributed by atoms with E-state index in [1.54, 1.807) is 7.85 Å². The van der Waals surface area contributed by atoms with Gasteiger partial charge in [0.25, 0.3) is 0 Å². The number of ether oxygens (including phenoxy) is 2. The lowest BCUT2D eigenvalue weighted by Crippen LogP contribution is -2.60. The molecule has 0 aromatic heterocycles. The van der Waals surface area contributed by atoms with E-state index in [1.807, 2.05) is 23.5 Å². The van der Waals surface area contributed by atoms with Gasteiger partial charge in [0, 0.05) is 6.42 Å². The Hall–Kier alpha value is -2.34. The number of carboxylic acid groups (broad SMARTS) is 1. The highest BCUT2D eigenvalue weighted by Crippen LogP contribution is 2.63. The summed E-state index contributed by atoms with van der Waals surface area (Å²) in [6, 6.07) is 0. The summed E-state index contributed by atoms with van der Waals surface area (Å²) in [6.07, 6.45) is 3.30. The largest absolute Gasteiger partial charge is 0.478 e. The van der Waals surface area contributed by atoms with Gasteiger partial charge in [0.05, 0.1) is 16.5 Å². The number of rotatable bonds is 9. The Morgan fingerprint density at radius 1 is 0.974 bits per heavy atom. The molecule has 16 heteroatoms. The van der Waals surface area contributed by atoms with E-state index in [2.05, 4.69) is 0 Å². The molecule has 9 nitrogen and oxygen atoms in total. The van der Waals surface area contributed by atoms with E-state index in [1.165, 1.54) is 0 Å². The highest BCUT2D eigenvalue weighted by molar-refractivity contribution is 7.86. The molecular weight excluding hydrogens is 534 g/mol. The maximum absolute atomic E-state index is 13.8. The van der Waals surface area contributed by atoms with Crippen LogP contribution >= 0.6 is 0 Å². The second-order valence-electron chi connectivity index (χ2n) is 11.5. The Balaban J connectivity index is 1.67. The molecule has 2 unspecified atom stereocenters. The van der Waals surface area contributed by atoms with Gasteiger partial charge >= 0.3 is 33.3 Å². The van der Waals surface area contributed by atoms with Crippen molar-refractivity contribution in [1.82, 2.24) is 0 Å². The molecular formula is C23H30B4F2O9S. The Kier molecular flexibility index (Phi) is 7.55. The quantitative estimate of drug-likeness (QED) is 0.192. The molecule has 208 valence electrons. The van der Waals surface area contributed by atoms with E-state index in [-0.39, 0.29) is 29.4 Å². The van der Waals surface area contributed by atoms with E-state index in [4.69, 9.17) is 14.0 Å². The normalized spacial score (nSPS) is 27.8. The highest BCUT2D eigenvalue weighted by atomic mass is 32.2. The molecule has 4 bridgehead atoms. The number of benzene rings is 1. The van der Waals surface area contributed by atoms with Crippen LogP contribution < -0.4 is 10.9 Å². The van der Waals surface area contributed by atoms with Crippen LogP contribution in [0, 0.1) is 17.3 Å². The Morgan fingerprint density at radius 3 is 2.03 bits per heavy atom. The third-order valence-electron chi connectivity index (χ3n) is 8.91. The first-order valence-corrected chi connectivity index (χ1v) is 14.6. The SMILES string of the molecule is BCc1c(B)c(CB)c(C(=O)OC23CC4CC(C2)CC(C(=O)OCC(F)(F)S(=O)(=O)O)(C4)C3)c(C(=O)O)c1B. The lowest BCUT2D eigenvalue weighted by molar-refractivity contribution is -0.200. The monoisotopic (exact) mass is 564 g/mol. The number of halogens is 2. The minimum atomic E-state index is -5.77. The van der Waals surface area contributed by atoms with Crippen LogP contribution in [-0.2, 0) is 37.0 Å². The summed E-state index contributed by atoms with van der Waals surface area (Å²) in [5.41, 5.74) is 0.309. The summed E-state index contributed by atoms with van der Waals surface area (Å²) < 4.78 is 69.1. The molecule has 0 heterocycles. The van der Waals surface area contributed by atoms with Crippen LogP contribution in [-0.4, -0.2) is 84.8 Å². The van der Waals surface area contributed by atoms with Gasteiger partial charge in [-0.2, -0.15) is 17.2 Å². The highest BCUT2D eigenvalue weighted by Gasteiger charge is 2.63. The number of hydrogen-bond acceptors (Lipinski definition) is 7. The molecule has 2 N–H and O–H groups in total. The third-order valence-corrected chi connectivity index (χ3v) is 9.78. The lowest BCUT2D eigenvalue weighted by atomic mass is 9.48. The molecule has 5 rings (SSSR count). The van der Waals surface area contributed by atoms with Gasteiger partial charge < -0.3 is 14.6 Å². The molecule has 4 aliphatic carbocycles. The summed E-state index contributed by atoms with van der Waals surface area (Å²) >= 11 is 0. The van der Waals surface area contributed by atoms with Crippen molar-refractivity contribution in [2.45, 2.75) is 62.0 Å². The molecule has 1 aromatic rings. The van der Waals surface area contributed by atoms with Crippen LogP contribution in [0.1, 0.15) is 70.4 Å². The van der Waals surface area contributed by atoms with Crippen LogP contribution in [0.4, 0.5) is 8.78 Å². The molecule has 39 heavy (non-hydrogen) atoms. The van der Waals surface area contributed by atoms with Crippen LogP contribution in [0.2, 0.25) is 0 Å². The minimum Gasteiger partial charge on any atom is -0.478 e. The zero-order chi connectivity index (χ0) is 29.1. The molecule has 0 aliphatic heterocycles. The minimum absolute atomic E-state index is 0.00244. The van der Waals surface area contributed by atoms with Gasteiger partial charge in [-0.15, -0.1) is 0 Å². The fraction of sp³-hybridized carbons (Fsp3) is 0.609. The van der Waals surface area contributed by atoms with Crippen molar-refractivity contribution in [3.8, 4) is 0 Å². The van der Waals surface area contributed by atoms with Crippen molar-refractivity contribution >= 4 is 70.3 Å². The van der Waals surface area contributed by atoms with Crippen LogP contribution in [0.5, 0.6) is 0 Å². The Bertz CT molecular complexity index is 1340. The third kappa shape index (κ3) is 5.03. The van der Waals surface area contributed by atoms with Crippen LogP contribution in [0.25, 0.3) is 0 Å². The molecule has 4 fully saturated rings. The molecule has 0 radical (unpaired) electrons. The predicted octanol–water partition coefficient (Wildman–Crippen LogP) is -2.31. The lowest BCUT2D eigenvalue weighted by Gasteiger charge is -2.59. The molecule has 1 aromatic carbocycles. The van der Waals surface area contributed by atoms with Crippen molar-refractivity contribution < 1.29 is 50.7 Å². The van der Waals surface area contributed by atoms with Gasteiger partial charge in [-0.3, -0.25) is 9.35 Å². The molecule has 0 amide bonds. The average molecular weight is 564 g/mol. The maximum Gasteiger partial charge on any atom is 0.402 e. The van der Waals surface area contributed by atoms with E-state index < -0.39 is 50.9 Å². The second-order valence-corrected chi connectivity index (χ2v) is 13.0. The molecule has 2 atom stereocenters. The Morgan fingerprint density at radius 2 is 1.54 bits per heavy atom. The van der Waals surface area contributed by atoms with Gasteiger partial charge in [0.2, 0.25) is 0 Å². The van der Waals surface area contributed by atoms with Gasteiger partial charge in [-0.1, -0.05) is 29.1 Å². The van der Waals surface area contributed by atoms with E-state index in [0.29, 0.717) is 49.3 Å². The number of hydrogen-bond donors (Lipinski definition) is 2. The predicted molar refractivity (Wildman–Crippen MR) is 147 cm³/mol. The van der Waals surface area contributed by atoms with Crippen molar-refractivity contribution in [2.24, 2.45) is 17.3 Å². The Labute approximate surface area is 229 Å². The number of carboxylic acids is 1. The first-order valence-electron chi connectivity index (χ1n) is 13.1. The number of carbonyl (C=O) groups excluding carboxylic acids is 2. The number of alkyl halides is 2. The number of carbonyl (C=O) groups is 3. The summed E-state index contributed by atoms with van der Waals surface area (Å²) in [5.74, 6) is -3.15. The van der Waals surface area contributed by atoms with Crippen LogP contribution in [0.15, 0.2) is 0 Å². The smallest absolute Gasteiger partial charge is 0.402 e. The summed E-state index contributed by atoms with van der Waals surface area (Å²) in [5, 5.41) is 5.41. The fourth-order valence-corrected chi connectivity index (χ4v) is 7.97. The van der Waals surface area contributed by atoms with Crippen molar-refractivity contribution in [1.29, 1.82) is 0 Å². The summed E-state index contributed by atoms with van der Waals surface area (Å²) in [7, 11) is 1.50. The maximum atomic E-state index is 13.8. The van der Waals surface area contributed by atoms with E-state index in [0.717, 1.165) is 17.4 Å². The van der Waals surface area contributed by atoms with Crippen molar-refractivity contribution in [3.05, 3.63) is 22.3 Å². The topological polar surface area (TPSA) is 144 Å². The first kappa shape index (κ1) is 29.6. The standard InChI is InChI=1S/C23H30B4F2O9S/c24-6-12-14(15(18(30)31)17(27)13(7-25)16(12)26)19(32)38-22-4-10-1-11(5-22)3-21(2-10,8-22)20(33)37-9-23(28,29)39(34,35)36/h10-11H,1-9,24-27H2,(H,30,31)(H,34,35,36).